The van der Waals surface area contributed by atoms with Gasteiger partial charge >= 0.3 is 0 Å². The molecule has 3 N–H and O–H groups in total. The van der Waals surface area contributed by atoms with E-state index in [1.807, 2.05) is 14.1 Å². The Bertz CT molecular complexity index is 405. The number of nitrogens with zero attached hydrogens (tertiary/aromatic N) is 1. The van der Waals surface area contributed by atoms with Crippen LogP contribution in [0.3, 0.4) is 0 Å². The lowest BCUT2D eigenvalue weighted by atomic mass is 10.2. The first kappa shape index (κ1) is 13.3. The molecule has 5 nitrogen and oxygen atoms in total. The lowest BCUT2D eigenvalue weighted by Crippen LogP contribution is -2.41. The molecule has 0 saturated heterocycles. The number of carbonyl (C=O) groups excluding carboxylic acids is 1. The van der Waals surface area contributed by atoms with E-state index in [4.69, 9.17) is 5.11 Å². The van der Waals surface area contributed by atoms with Crippen molar-refractivity contribution >= 4 is 5.91 Å². The van der Waals surface area contributed by atoms with Gasteiger partial charge in [0.1, 0.15) is 11.5 Å². The van der Waals surface area contributed by atoms with Crippen LogP contribution in [0.1, 0.15) is 12.5 Å². The van der Waals surface area contributed by atoms with Crippen molar-refractivity contribution < 1.29 is 15.0 Å². The summed E-state index contributed by atoms with van der Waals surface area (Å²) in [4.78, 5) is 13.4. The second-order valence-corrected chi connectivity index (χ2v) is 4.17. The first-order valence-corrected chi connectivity index (χ1v) is 5.37. The molecule has 0 aromatic heterocycles. The number of hydrogen-bond donors (Lipinski definition) is 3. The summed E-state index contributed by atoms with van der Waals surface area (Å²) in [5, 5.41) is 21.4. The van der Waals surface area contributed by atoms with Crippen molar-refractivity contribution in [2.24, 2.45) is 0 Å². The number of amides is 1. The van der Waals surface area contributed by atoms with E-state index in [9.17, 15) is 9.90 Å². The summed E-state index contributed by atoms with van der Waals surface area (Å²) in [6.45, 7) is 2.04. The van der Waals surface area contributed by atoms with Gasteiger partial charge in [0.2, 0.25) is 5.91 Å². The Morgan fingerprint density at radius 3 is 2.59 bits per heavy atom. The molecular formula is C12H18N2O3. The first-order valence-electron chi connectivity index (χ1n) is 5.37. The zero-order valence-electron chi connectivity index (χ0n) is 10.3. The summed E-state index contributed by atoms with van der Waals surface area (Å²) in [6.07, 6.45) is 0. The fraction of sp³-hybridized carbons (Fsp3) is 0.417. The maximum absolute atomic E-state index is 11.7. The van der Waals surface area contributed by atoms with Crippen molar-refractivity contribution in [1.29, 1.82) is 0 Å². The topological polar surface area (TPSA) is 72.8 Å². The van der Waals surface area contributed by atoms with Crippen molar-refractivity contribution in [3.8, 4) is 11.5 Å². The lowest BCUT2D eigenvalue weighted by molar-refractivity contribution is -0.125. The molecule has 0 aliphatic carbocycles. The molecule has 94 valence electrons. The van der Waals surface area contributed by atoms with Crippen LogP contribution in [0.2, 0.25) is 0 Å². The highest BCUT2D eigenvalue weighted by molar-refractivity contribution is 5.81. The van der Waals surface area contributed by atoms with Gasteiger partial charge in [0, 0.05) is 18.2 Å². The van der Waals surface area contributed by atoms with Gasteiger partial charge in [-0.1, -0.05) is 0 Å². The average molecular weight is 238 g/mol. The molecule has 1 unspecified atom stereocenters. The molecule has 1 aromatic rings. The Morgan fingerprint density at radius 2 is 2.06 bits per heavy atom. The highest BCUT2D eigenvalue weighted by Gasteiger charge is 2.14. The molecule has 1 aromatic carbocycles. The van der Waals surface area contributed by atoms with Crippen molar-refractivity contribution in [1.82, 2.24) is 10.2 Å². The first-order chi connectivity index (χ1) is 7.91. The summed E-state index contributed by atoms with van der Waals surface area (Å²) in [7, 11) is 3.64. The number of likely N-dealkylation sites (N-methyl/N-ethyl adjacent to an activating group) is 1. The van der Waals surface area contributed by atoms with Crippen molar-refractivity contribution in [3.63, 3.8) is 0 Å². The van der Waals surface area contributed by atoms with Crippen molar-refractivity contribution in [3.05, 3.63) is 23.8 Å². The minimum absolute atomic E-state index is 0.000707. The van der Waals surface area contributed by atoms with Crippen LogP contribution in [-0.2, 0) is 11.3 Å². The Hall–Kier alpha value is -1.75. The van der Waals surface area contributed by atoms with Crippen LogP contribution < -0.4 is 5.32 Å². The number of phenols is 2. The summed E-state index contributed by atoms with van der Waals surface area (Å²) < 4.78 is 0. The Morgan fingerprint density at radius 1 is 1.41 bits per heavy atom. The number of nitrogens with one attached hydrogen (secondary N) is 1. The normalized spacial score (nSPS) is 12.5. The number of rotatable bonds is 4. The fourth-order valence-electron chi connectivity index (χ4n) is 1.27. The highest BCUT2D eigenvalue weighted by Crippen LogP contribution is 2.22. The molecule has 5 heteroatoms. The summed E-state index contributed by atoms with van der Waals surface area (Å²) >= 11 is 0. The standard InChI is InChI=1S/C12H18N2O3/c1-8(14(2)3)12(17)13-7-9-4-5-10(15)6-11(9)16/h4-6,8,15-16H,7H2,1-3H3,(H,13,17). The Balaban J connectivity index is 2.59. The second kappa shape index (κ2) is 5.54. The van der Waals surface area contributed by atoms with E-state index in [-0.39, 0.29) is 30.0 Å². The molecule has 0 aliphatic rings. The third kappa shape index (κ3) is 3.64. The number of phenolic OH excluding ortho intramolecular Hbond substituents is 2. The number of benzene rings is 1. The van der Waals surface area contributed by atoms with Gasteiger partial charge in [-0.2, -0.15) is 0 Å². The van der Waals surface area contributed by atoms with Crippen molar-refractivity contribution in [2.45, 2.75) is 19.5 Å². The molecule has 17 heavy (non-hydrogen) atoms. The molecular weight excluding hydrogens is 220 g/mol. The van der Waals surface area contributed by atoms with E-state index in [2.05, 4.69) is 5.32 Å². The molecule has 0 aliphatic heterocycles. The van der Waals surface area contributed by atoms with E-state index < -0.39 is 0 Å². The average Bonchev–Trinajstić information content (AvgIpc) is 2.26. The number of carbonyl (C=O) groups is 1. The molecule has 0 bridgehead atoms. The van der Waals surface area contributed by atoms with Gasteiger partial charge in [0.15, 0.2) is 0 Å². The SMILES string of the molecule is CC(C(=O)NCc1ccc(O)cc1O)N(C)C. The lowest BCUT2D eigenvalue weighted by Gasteiger charge is -2.19. The van der Waals surface area contributed by atoms with E-state index >= 15 is 0 Å². The molecule has 1 atom stereocenters. The van der Waals surface area contributed by atoms with Crippen LogP contribution >= 0.6 is 0 Å². The Labute approximate surface area is 101 Å². The molecule has 1 rings (SSSR count). The second-order valence-electron chi connectivity index (χ2n) is 4.17. The molecule has 0 fully saturated rings. The van der Waals surface area contributed by atoms with E-state index in [1.54, 1.807) is 17.9 Å². The maximum atomic E-state index is 11.7. The maximum Gasteiger partial charge on any atom is 0.237 e. The molecule has 0 radical (unpaired) electrons. The molecule has 0 heterocycles. The smallest absolute Gasteiger partial charge is 0.237 e. The summed E-state index contributed by atoms with van der Waals surface area (Å²) in [6, 6.07) is 4.06. The minimum Gasteiger partial charge on any atom is -0.508 e. The van der Waals surface area contributed by atoms with Crippen LogP contribution in [0.5, 0.6) is 11.5 Å². The number of aromatic hydroxyl groups is 2. The van der Waals surface area contributed by atoms with Gasteiger partial charge in [0.05, 0.1) is 6.04 Å². The molecule has 0 saturated carbocycles. The molecule has 1 amide bonds. The number of hydrogen-bond acceptors (Lipinski definition) is 4. The Kier molecular flexibility index (Phi) is 4.34. The largest absolute Gasteiger partial charge is 0.508 e. The van der Waals surface area contributed by atoms with Crippen LogP contribution in [0, 0.1) is 0 Å². The van der Waals surface area contributed by atoms with E-state index in [0.717, 1.165) is 0 Å². The summed E-state index contributed by atoms with van der Waals surface area (Å²) in [5.74, 6) is -0.135. The van der Waals surface area contributed by atoms with Gasteiger partial charge in [0.25, 0.3) is 0 Å². The fourth-order valence-corrected chi connectivity index (χ4v) is 1.27. The highest BCUT2D eigenvalue weighted by atomic mass is 16.3. The monoisotopic (exact) mass is 238 g/mol. The zero-order valence-corrected chi connectivity index (χ0v) is 10.3. The quantitative estimate of drug-likeness (QED) is 0.720. The predicted octanol–water partition coefficient (Wildman–Crippen LogP) is 0.664. The molecule has 0 spiro atoms. The van der Waals surface area contributed by atoms with Crippen molar-refractivity contribution in [2.75, 3.05) is 14.1 Å². The van der Waals surface area contributed by atoms with Gasteiger partial charge in [-0.25, -0.2) is 0 Å². The van der Waals surface area contributed by atoms with Crippen LogP contribution in [0.4, 0.5) is 0 Å². The predicted molar refractivity (Wildman–Crippen MR) is 64.8 cm³/mol. The third-order valence-corrected chi connectivity index (χ3v) is 2.68. The summed E-state index contributed by atoms with van der Waals surface area (Å²) in [5.41, 5.74) is 0.571. The van der Waals surface area contributed by atoms with Gasteiger partial charge in [-0.15, -0.1) is 0 Å². The minimum atomic E-state index is -0.228. The van der Waals surface area contributed by atoms with E-state index in [1.165, 1.54) is 12.1 Å². The van der Waals surface area contributed by atoms with Gasteiger partial charge in [-0.05, 0) is 33.2 Å². The zero-order chi connectivity index (χ0) is 13.0. The third-order valence-electron chi connectivity index (χ3n) is 2.68. The van der Waals surface area contributed by atoms with Gasteiger partial charge < -0.3 is 15.5 Å². The van der Waals surface area contributed by atoms with Gasteiger partial charge in [-0.3, -0.25) is 9.69 Å². The van der Waals surface area contributed by atoms with Crippen LogP contribution in [0.15, 0.2) is 18.2 Å². The van der Waals surface area contributed by atoms with Crippen LogP contribution in [-0.4, -0.2) is 41.2 Å². The van der Waals surface area contributed by atoms with Crippen LogP contribution in [0.25, 0.3) is 0 Å². The van der Waals surface area contributed by atoms with E-state index in [0.29, 0.717) is 5.56 Å².